The minimum absolute atomic E-state index is 0.675. The predicted molar refractivity (Wildman–Crippen MR) is 54.6 cm³/mol. The number of ether oxygens (including phenoxy) is 1. The number of halogens is 1. The van der Waals surface area contributed by atoms with Gasteiger partial charge in [-0.2, -0.15) is 0 Å². The van der Waals surface area contributed by atoms with E-state index in [2.05, 4.69) is 27.0 Å². The summed E-state index contributed by atoms with van der Waals surface area (Å²) < 4.78 is 6.36. The van der Waals surface area contributed by atoms with Crippen molar-refractivity contribution in [3.63, 3.8) is 0 Å². The third-order valence-electron chi connectivity index (χ3n) is 2.31. The molecule has 2 rings (SSSR count). The molecule has 0 N–H and O–H groups in total. The molecule has 1 saturated heterocycles. The zero-order valence-corrected chi connectivity index (χ0v) is 8.96. The van der Waals surface area contributed by atoms with Crippen LogP contribution < -0.4 is 0 Å². The first-order valence-corrected chi connectivity index (χ1v) is 5.32. The lowest BCUT2D eigenvalue weighted by Crippen LogP contribution is -2.04. The van der Waals surface area contributed by atoms with Crippen molar-refractivity contribution < 1.29 is 4.74 Å². The van der Waals surface area contributed by atoms with Crippen molar-refractivity contribution in [2.24, 2.45) is 5.92 Å². The Bertz CT molecular complexity index is 267. The zero-order chi connectivity index (χ0) is 9.10. The Morgan fingerprint density at radius 2 is 2.46 bits per heavy atom. The highest BCUT2D eigenvalue weighted by Gasteiger charge is 2.16. The van der Waals surface area contributed by atoms with E-state index in [-0.39, 0.29) is 0 Å². The van der Waals surface area contributed by atoms with Crippen molar-refractivity contribution in [1.29, 1.82) is 0 Å². The van der Waals surface area contributed by atoms with E-state index in [1.54, 1.807) is 0 Å². The molecule has 2 nitrogen and oxygen atoms in total. The van der Waals surface area contributed by atoms with Crippen molar-refractivity contribution in [2.75, 3.05) is 13.2 Å². The third-order valence-corrected chi connectivity index (χ3v) is 2.78. The molecule has 3 heteroatoms. The van der Waals surface area contributed by atoms with Gasteiger partial charge in [-0.3, -0.25) is 4.98 Å². The van der Waals surface area contributed by atoms with Crippen LogP contribution in [-0.4, -0.2) is 18.2 Å². The highest BCUT2D eigenvalue weighted by molar-refractivity contribution is 9.10. The summed E-state index contributed by atoms with van der Waals surface area (Å²) in [6.07, 6.45) is 4.08. The quantitative estimate of drug-likeness (QED) is 0.794. The van der Waals surface area contributed by atoms with E-state index >= 15 is 0 Å². The molecule has 0 aromatic carbocycles. The molecular formula is C10H12BrNO. The Hall–Kier alpha value is -0.410. The molecule has 0 saturated carbocycles. The van der Waals surface area contributed by atoms with Crippen LogP contribution in [-0.2, 0) is 11.2 Å². The Balaban J connectivity index is 1.97. The van der Waals surface area contributed by atoms with Gasteiger partial charge in [0.05, 0.1) is 0 Å². The van der Waals surface area contributed by atoms with Crippen LogP contribution in [0.1, 0.15) is 12.1 Å². The minimum Gasteiger partial charge on any atom is -0.381 e. The number of hydrogen-bond donors (Lipinski definition) is 0. The van der Waals surface area contributed by atoms with E-state index in [0.717, 1.165) is 24.1 Å². The van der Waals surface area contributed by atoms with Crippen LogP contribution in [0.15, 0.2) is 22.8 Å². The van der Waals surface area contributed by atoms with E-state index in [9.17, 15) is 0 Å². The molecular weight excluding hydrogens is 230 g/mol. The van der Waals surface area contributed by atoms with Gasteiger partial charge in [-0.15, -0.1) is 0 Å². The van der Waals surface area contributed by atoms with E-state index in [0.29, 0.717) is 5.92 Å². The highest BCUT2D eigenvalue weighted by atomic mass is 79.9. The van der Waals surface area contributed by atoms with Crippen LogP contribution in [0, 0.1) is 5.92 Å². The van der Waals surface area contributed by atoms with Gasteiger partial charge in [0, 0.05) is 29.6 Å². The standard InChI is InChI=1S/C10H12BrNO/c11-9-1-2-10(12-6-9)5-8-3-4-13-7-8/h1-2,6,8H,3-5,7H2. The molecule has 0 aliphatic carbocycles. The van der Waals surface area contributed by atoms with Gasteiger partial charge in [-0.25, -0.2) is 0 Å². The molecule has 1 atom stereocenters. The number of hydrogen-bond acceptors (Lipinski definition) is 2. The van der Waals surface area contributed by atoms with Crippen LogP contribution in [0.2, 0.25) is 0 Å². The summed E-state index contributed by atoms with van der Waals surface area (Å²) >= 11 is 3.37. The van der Waals surface area contributed by atoms with Gasteiger partial charge in [0.25, 0.3) is 0 Å². The molecule has 13 heavy (non-hydrogen) atoms. The molecule has 0 radical (unpaired) electrons. The van der Waals surface area contributed by atoms with Crippen LogP contribution in [0.3, 0.4) is 0 Å². The van der Waals surface area contributed by atoms with Crippen molar-refractivity contribution >= 4 is 15.9 Å². The van der Waals surface area contributed by atoms with Crippen molar-refractivity contribution in [2.45, 2.75) is 12.8 Å². The Labute approximate surface area is 86.5 Å². The van der Waals surface area contributed by atoms with Gasteiger partial charge in [-0.1, -0.05) is 0 Å². The SMILES string of the molecule is Brc1ccc(CC2CCOC2)nc1. The maximum atomic E-state index is 5.32. The summed E-state index contributed by atoms with van der Waals surface area (Å²) in [5.41, 5.74) is 1.17. The summed E-state index contributed by atoms with van der Waals surface area (Å²) in [6.45, 7) is 1.82. The second-order valence-electron chi connectivity index (χ2n) is 3.40. The van der Waals surface area contributed by atoms with Gasteiger partial charge in [0.2, 0.25) is 0 Å². The molecule has 0 bridgehead atoms. The molecule has 1 aromatic heterocycles. The van der Waals surface area contributed by atoms with Crippen molar-refractivity contribution in [3.05, 3.63) is 28.5 Å². The van der Waals surface area contributed by atoms with E-state index in [1.165, 1.54) is 12.1 Å². The molecule has 1 unspecified atom stereocenters. The maximum absolute atomic E-state index is 5.32. The van der Waals surface area contributed by atoms with Gasteiger partial charge >= 0.3 is 0 Å². The van der Waals surface area contributed by atoms with Gasteiger partial charge in [0.15, 0.2) is 0 Å². The Kier molecular flexibility index (Phi) is 2.96. The van der Waals surface area contributed by atoms with Crippen LogP contribution in [0.5, 0.6) is 0 Å². The first kappa shape index (κ1) is 9.16. The molecule has 70 valence electrons. The van der Waals surface area contributed by atoms with Crippen LogP contribution in [0.25, 0.3) is 0 Å². The number of aromatic nitrogens is 1. The first-order valence-electron chi connectivity index (χ1n) is 4.53. The molecule has 1 aliphatic rings. The molecule has 2 heterocycles. The smallest absolute Gasteiger partial charge is 0.0498 e. The van der Waals surface area contributed by atoms with Gasteiger partial charge in [0.1, 0.15) is 0 Å². The van der Waals surface area contributed by atoms with E-state index in [1.807, 2.05) is 12.3 Å². The zero-order valence-electron chi connectivity index (χ0n) is 7.37. The lowest BCUT2D eigenvalue weighted by atomic mass is 10.0. The Morgan fingerprint density at radius 1 is 1.54 bits per heavy atom. The minimum atomic E-state index is 0.675. The summed E-state index contributed by atoms with van der Waals surface area (Å²) in [5, 5.41) is 0. The summed E-state index contributed by atoms with van der Waals surface area (Å²) in [5.74, 6) is 0.675. The average molecular weight is 242 g/mol. The lowest BCUT2D eigenvalue weighted by Gasteiger charge is -2.05. The third kappa shape index (κ3) is 2.51. The fourth-order valence-electron chi connectivity index (χ4n) is 1.57. The summed E-state index contributed by atoms with van der Waals surface area (Å²) in [4.78, 5) is 4.34. The fraction of sp³-hybridized carbons (Fsp3) is 0.500. The van der Waals surface area contributed by atoms with Crippen molar-refractivity contribution in [1.82, 2.24) is 4.98 Å². The molecule has 0 amide bonds. The highest BCUT2D eigenvalue weighted by Crippen LogP contribution is 2.17. The van der Waals surface area contributed by atoms with Crippen LogP contribution in [0.4, 0.5) is 0 Å². The first-order chi connectivity index (χ1) is 6.34. The fourth-order valence-corrected chi connectivity index (χ4v) is 1.80. The van der Waals surface area contributed by atoms with Gasteiger partial charge < -0.3 is 4.74 Å². The monoisotopic (exact) mass is 241 g/mol. The topological polar surface area (TPSA) is 22.1 Å². The predicted octanol–water partition coefficient (Wildman–Crippen LogP) is 2.42. The number of nitrogens with zero attached hydrogens (tertiary/aromatic N) is 1. The normalized spacial score (nSPS) is 22.1. The van der Waals surface area contributed by atoms with Crippen LogP contribution >= 0.6 is 15.9 Å². The molecule has 1 fully saturated rings. The second-order valence-corrected chi connectivity index (χ2v) is 4.32. The van der Waals surface area contributed by atoms with E-state index < -0.39 is 0 Å². The summed E-state index contributed by atoms with van der Waals surface area (Å²) in [7, 11) is 0. The Morgan fingerprint density at radius 3 is 3.08 bits per heavy atom. The molecule has 1 aromatic rings. The molecule has 0 spiro atoms. The number of rotatable bonds is 2. The summed E-state index contributed by atoms with van der Waals surface area (Å²) in [6, 6.07) is 4.11. The maximum Gasteiger partial charge on any atom is 0.0498 e. The second kappa shape index (κ2) is 4.20. The lowest BCUT2D eigenvalue weighted by molar-refractivity contribution is 0.185. The molecule has 1 aliphatic heterocycles. The largest absolute Gasteiger partial charge is 0.381 e. The van der Waals surface area contributed by atoms with E-state index in [4.69, 9.17) is 4.74 Å². The van der Waals surface area contributed by atoms with Gasteiger partial charge in [-0.05, 0) is 46.8 Å². The average Bonchev–Trinajstić information content (AvgIpc) is 2.62. The van der Waals surface area contributed by atoms with Crippen molar-refractivity contribution in [3.8, 4) is 0 Å². The number of pyridine rings is 1.